The van der Waals surface area contributed by atoms with Crippen LogP contribution in [0.15, 0.2) is 78.9 Å². The molecular weight excluding hydrogens is 649 g/mol. The summed E-state index contributed by atoms with van der Waals surface area (Å²) in [6.07, 6.45) is 24.1. The molecule has 51 heavy (non-hydrogen) atoms. The monoisotopic (exact) mass is 718 g/mol. The molecule has 0 aliphatic heterocycles. The van der Waals surface area contributed by atoms with Gasteiger partial charge in [0.1, 0.15) is 17.1 Å². The largest absolute Gasteiger partial charge is 0.497 e. The van der Waals surface area contributed by atoms with Crippen LogP contribution in [-0.4, -0.2) is 45.0 Å². The number of benzene rings is 3. The van der Waals surface area contributed by atoms with E-state index in [1.54, 1.807) is 14.2 Å². The van der Waals surface area contributed by atoms with E-state index < -0.39 is 5.60 Å². The number of thioether (sulfide) groups is 1. The highest BCUT2D eigenvalue weighted by Gasteiger charge is 2.38. The van der Waals surface area contributed by atoms with Gasteiger partial charge in [0.05, 0.1) is 26.9 Å². The third-order valence-corrected chi connectivity index (χ3v) is 11.1. The van der Waals surface area contributed by atoms with Gasteiger partial charge in [-0.1, -0.05) is 171 Å². The molecule has 3 aromatic rings. The zero-order valence-corrected chi connectivity index (χ0v) is 33.5. The zero-order chi connectivity index (χ0) is 36.2. The lowest BCUT2D eigenvalue weighted by Gasteiger charge is -2.37. The van der Waals surface area contributed by atoms with E-state index in [1.165, 1.54) is 115 Å². The first-order chi connectivity index (χ1) is 25.2. The van der Waals surface area contributed by atoms with Crippen molar-refractivity contribution in [1.29, 1.82) is 0 Å². The fourth-order valence-corrected chi connectivity index (χ4v) is 7.86. The molecular formula is C46H70O4S. The summed E-state index contributed by atoms with van der Waals surface area (Å²) < 4.78 is 25.0. The first-order valence-electron chi connectivity index (χ1n) is 20.4. The van der Waals surface area contributed by atoms with Gasteiger partial charge in [0.2, 0.25) is 0 Å². The van der Waals surface area contributed by atoms with Crippen LogP contribution in [0.2, 0.25) is 0 Å². The smallest absolute Gasteiger partial charge is 0.143 e. The molecule has 284 valence electrons. The second-order valence-corrected chi connectivity index (χ2v) is 15.2. The van der Waals surface area contributed by atoms with Crippen molar-refractivity contribution >= 4 is 11.8 Å². The Morgan fingerprint density at radius 2 is 0.941 bits per heavy atom. The van der Waals surface area contributed by atoms with Crippen molar-refractivity contribution in [3.05, 3.63) is 95.6 Å². The highest BCUT2D eigenvalue weighted by Crippen LogP contribution is 2.42. The highest BCUT2D eigenvalue weighted by atomic mass is 32.2. The third kappa shape index (κ3) is 16.0. The number of unbranched alkanes of at least 4 members (excludes halogenated alkanes) is 16. The van der Waals surface area contributed by atoms with Crippen molar-refractivity contribution in [2.24, 2.45) is 0 Å². The van der Waals surface area contributed by atoms with Gasteiger partial charge in [-0.05, 0) is 59.6 Å². The Kier molecular flexibility index (Phi) is 22.9. The fourth-order valence-electron chi connectivity index (χ4n) is 6.83. The van der Waals surface area contributed by atoms with E-state index in [-0.39, 0.29) is 6.10 Å². The van der Waals surface area contributed by atoms with Crippen LogP contribution in [0, 0.1) is 0 Å². The van der Waals surface area contributed by atoms with Crippen LogP contribution in [0.1, 0.15) is 146 Å². The predicted octanol–water partition coefficient (Wildman–Crippen LogP) is 13.2. The average molecular weight is 719 g/mol. The summed E-state index contributed by atoms with van der Waals surface area (Å²) in [6, 6.07) is 27.2. The number of ether oxygens (including phenoxy) is 4. The maximum absolute atomic E-state index is 7.27. The minimum Gasteiger partial charge on any atom is -0.497 e. The molecule has 0 fully saturated rings. The Bertz CT molecular complexity index is 1180. The summed E-state index contributed by atoms with van der Waals surface area (Å²) in [5.74, 6) is 3.76. The number of hydrogen-bond donors (Lipinski definition) is 0. The van der Waals surface area contributed by atoms with Crippen LogP contribution in [0.4, 0.5) is 0 Å². The highest BCUT2D eigenvalue weighted by molar-refractivity contribution is 7.99. The van der Waals surface area contributed by atoms with Crippen LogP contribution < -0.4 is 9.47 Å². The molecule has 0 saturated heterocycles. The van der Waals surface area contributed by atoms with Gasteiger partial charge < -0.3 is 18.9 Å². The molecule has 0 bridgehead atoms. The standard InChI is InChI=1S/C46H70O4S/c1-5-7-9-11-13-15-16-18-20-25-37-51-39-45(49-36-24-19-17-14-12-10-8-6-2)38-50-46(40-26-22-21-23-27-40,41-28-32-43(47-3)33-29-41)42-30-34-44(48-4)35-31-42/h21-23,26-35,45H,5-20,24-25,36-39H2,1-4H3/t45-/m0/s1. The second-order valence-electron chi connectivity index (χ2n) is 14.0. The lowest BCUT2D eigenvalue weighted by Crippen LogP contribution is -2.37. The summed E-state index contributed by atoms with van der Waals surface area (Å²) in [5, 5.41) is 0. The predicted molar refractivity (Wildman–Crippen MR) is 220 cm³/mol. The van der Waals surface area contributed by atoms with E-state index in [4.69, 9.17) is 18.9 Å². The quantitative estimate of drug-likeness (QED) is 0.0489. The maximum Gasteiger partial charge on any atom is 0.143 e. The van der Waals surface area contributed by atoms with Gasteiger partial charge in [0.15, 0.2) is 0 Å². The molecule has 0 unspecified atom stereocenters. The molecule has 0 aromatic heterocycles. The van der Waals surface area contributed by atoms with Crippen LogP contribution in [-0.2, 0) is 15.1 Å². The average Bonchev–Trinajstić information content (AvgIpc) is 3.18. The Labute approximate surface area is 316 Å². The topological polar surface area (TPSA) is 36.9 Å². The van der Waals surface area contributed by atoms with Crippen LogP contribution in [0.25, 0.3) is 0 Å². The molecule has 0 N–H and O–H groups in total. The van der Waals surface area contributed by atoms with Crippen molar-refractivity contribution in [2.45, 2.75) is 141 Å². The molecule has 0 amide bonds. The summed E-state index contributed by atoms with van der Waals surface area (Å²) in [6.45, 7) is 5.85. The van der Waals surface area contributed by atoms with Gasteiger partial charge in [-0.2, -0.15) is 11.8 Å². The Morgan fingerprint density at radius 1 is 0.510 bits per heavy atom. The van der Waals surface area contributed by atoms with Crippen LogP contribution in [0.5, 0.6) is 11.5 Å². The van der Waals surface area contributed by atoms with Crippen molar-refractivity contribution < 1.29 is 18.9 Å². The summed E-state index contributed by atoms with van der Waals surface area (Å²) in [4.78, 5) is 0. The van der Waals surface area contributed by atoms with Crippen molar-refractivity contribution in [3.8, 4) is 11.5 Å². The first kappa shape index (κ1) is 42.9. The third-order valence-electron chi connectivity index (χ3n) is 9.96. The number of rotatable bonds is 31. The fraction of sp³-hybridized carbons (Fsp3) is 0.609. The molecule has 0 spiro atoms. The van der Waals surface area contributed by atoms with Crippen molar-refractivity contribution in [1.82, 2.24) is 0 Å². The Morgan fingerprint density at radius 3 is 1.41 bits per heavy atom. The van der Waals surface area contributed by atoms with Gasteiger partial charge >= 0.3 is 0 Å². The summed E-state index contributed by atoms with van der Waals surface area (Å²) in [5.41, 5.74) is 2.36. The van der Waals surface area contributed by atoms with Crippen molar-refractivity contribution in [2.75, 3.05) is 38.9 Å². The van der Waals surface area contributed by atoms with Crippen LogP contribution in [0.3, 0.4) is 0 Å². The van der Waals surface area contributed by atoms with Crippen molar-refractivity contribution in [3.63, 3.8) is 0 Å². The van der Waals surface area contributed by atoms with Gasteiger partial charge in [0.25, 0.3) is 0 Å². The molecule has 3 aromatic carbocycles. The molecule has 1 atom stereocenters. The number of hydrogen-bond acceptors (Lipinski definition) is 5. The molecule has 5 heteroatoms. The lowest BCUT2D eigenvalue weighted by atomic mass is 9.80. The molecule has 0 saturated carbocycles. The first-order valence-corrected chi connectivity index (χ1v) is 21.5. The SMILES string of the molecule is CCCCCCCCCCCCSC[C@H](COC(c1ccccc1)(c1ccc(OC)cc1)c1ccc(OC)cc1)OCCCCCCCCCC. The lowest BCUT2D eigenvalue weighted by molar-refractivity contribution is -0.0571. The minimum absolute atomic E-state index is 0.00209. The molecule has 3 rings (SSSR count). The normalized spacial score (nSPS) is 12.2. The molecule has 0 heterocycles. The maximum atomic E-state index is 7.27. The van der Waals surface area contributed by atoms with Gasteiger partial charge in [0, 0.05) is 12.4 Å². The Balaban J connectivity index is 1.70. The van der Waals surface area contributed by atoms with E-state index >= 15 is 0 Å². The zero-order valence-electron chi connectivity index (χ0n) is 32.7. The van der Waals surface area contributed by atoms with Gasteiger partial charge in [-0.15, -0.1) is 0 Å². The molecule has 0 aliphatic rings. The minimum atomic E-state index is -0.832. The van der Waals surface area contributed by atoms with Gasteiger partial charge in [-0.25, -0.2) is 0 Å². The second kappa shape index (κ2) is 27.2. The van der Waals surface area contributed by atoms with Gasteiger partial charge in [-0.3, -0.25) is 0 Å². The molecule has 0 radical (unpaired) electrons. The van der Waals surface area contributed by atoms with Crippen LogP contribution >= 0.6 is 11.8 Å². The summed E-state index contributed by atoms with van der Waals surface area (Å²) in [7, 11) is 3.42. The van der Waals surface area contributed by atoms with E-state index in [9.17, 15) is 0 Å². The summed E-state index contributed by atoms with van der Waals surface area (Å²) >= 11 is 2.03. The number of methoxy groups -OCH3 is 2. The van der Waals surface area contributed by atoms with E-state index in [2.05, 4.69) is 68.4 Å². The van der Waals surface area contributed by atoms with E-state index in [0.717, 1.165) is 47.0 Å². The van der Waals surface area contributed by atoms with E-state index in [1.807, 2.05) is 36.0 Å². The molecule has 0 aliphatic carbocycles. The van der Waals surface area contributed by atoms with E-state index in [0.29, 0.717) is 6.61 Å². The Hall–Kier alpha value is -2.47. The molecule has 4 nitrogen and oxygen atoms in total.